The number of halogens is 4. The molecule has 98 valence electrons. The molecule has 0 bridgehead atoms. The van der Waals surface area contributed by atoms with E-state index in [1.165, 1.54) is 18.2 Å². The van der Waals surface area contributed by atoms with E-state index in [4.69, 9.17) is 23.2 Å². The zero-order valence-electron chi connectivity index (χ0n) is 9.38. The molecule has 0 saturated heterocycles. The first-order valence-electron chi connectivity index (χ1n) is 5.20. The highest BCUT2D eigenvalue weighted by Gasteiger charge is 2.15. The molecule has 0 radical (unpaired) electrons. The molecule has 0 aliphatic carbocycles. The number of hydrogen-bond donors (Lipinski definition) is 1. The molecule has 0 spiro atoms. The highest BCUT2D eigenvalue weighted by molar-refractivity contribution is 9.10. The van der Waals surface area contributed by atoms with Crippen LogP contribution in [0.5, 0.6) is 0 Å². The van der Waals surface area contributed by atoms with Gasteiger partial charge in [0.2, 0.25) is 0 Å². The van der Waals surface area contributed by atoms with Crippen LogP contribution in [0.15, 0.2) is 40.9 Å². The van der Waals surface area contributed by atoms with E-state index in [2.05, 4.69) is 21.2 Å². The quantitative estimate of drug-likeness (QED) is 0.786. The van der Waals surface area contributed by atoms with E-state index < -0.39 is 11.7 Å². The molecule has 6 heteroatoms. The van der Waals surface area contributed by atoms with E-state index in [1.807, 2.05) is 0 Å². The van der Waals surface area contributed by atoms with Crippen molar-refractivity contribution >= 4 is 50.7 Å². The van der Waals surface area contributed by atoms with Crippen LogP contribution in [-0.2, 0) is 0 Å². The number of amides is 1. The molecule has 1 N–H and O–H groups in total. The number of nitrogens with one attached hydrogen (secondary N) is 1. The van der Waals surface area contributed by atoms with Gasteiger partial charge in [-0.1, -0.05) is 35.3 Å². The molecule has 0 unspecified atom stereocenters. The Balaban J connectivity index is 2.31. The molecule has 2 rings (SSSR count). The minimum atomic E-state index is -0.639. The van der Waals surface area contributed by atoms with E-state index in [9.17, 15) is 9.18 Å². The Morgan fingerprint density at radius 3 is 2.58 bits per heavy atom. The Morgan fingerprint density at radius 2 is 1.84 bits per heavy atom. The van der Waals surface area contributed by atoms with Crippen molar-refractivity contribution < 1.29 is 9.18 Å². The molecule has 2 aromatic carbocycles. The second-order valence-electron chi connectivity index (χ2n) is 3.66. The monoisotopic (exact) mass is 361 g/mol. The first-order valence-corrected chi connectivity index (χ1v) is 6.75. The van der Waals surface area contributed by atoms with Gasteiger partial charge in [-0.2, -0.15) is 0 Å². The number of hydrogen-bond acceptors (Lipinski definition) is 1. The lowest BCUT2D eigenvalue weighted by Crippen LogP contribution is -2.13. The fraction of sp³-hybridized carbons (Fsp3) is 0. The highest BCUT2D eigenvalue weighted by atomic mass is 79.9. The highest BCUT2D eigenvalue weighted by Crippen LogP contribution is 2.31. The normalized spacial score (nSPS) is 10.3. The standard InChI is InChI=1S/C13H7BrCl2FNO/c14-11-8(15)4-2-6-10(11)18-13(19)7-3-1-5-9(17)12(7)16/h1-6H,(H,18,19). The molecule has 0 saturated carbocycles. The lowest BCUT2D eigenvalue weighted by atomic mass is 10.2. The van der Waals surface area contributed by atoms with Gasteiger partial charge in [0.05, 0.1) is 25.8 Å². The van der Waals surface area contributed by atoms with Crippen LogP contribution in [0.1, 0.15) is 10.4 Å². The van der Waals surface area contributed by atoms with Crippen molar-refractivity contribution in [3.8, 4) is 0 Å². The van der Waals surface area contributed by atoms with Gasteiger partial charge in [0.25, 0.3) is 5.91 Å². The summed E-state index contributed by atoms with van der Waals surface area (Å²) < 4.78 is 13.8. The molecule has 0 aliphatic heterocycles. The molecule has 0 aromatic heterocycles. The summed E-state index contributed by atoms with van der Waals surface area (Å²) in [5, 5.41) is 2.87. The Hall–Kier alpha value is -1.10. The van der Waals surface area contributed by atoms with Crippen LogP contribution in [0.4, 0.5) is 10.1 Å². The number of carbonyl (C=O) groups is 1. The Morgan fingerprint density at radius 1 is 1.16 bits per heavy atom. The molecule has 0 heterocycles. The third kappa shape index (κ3) is 3.08. The zero-order valence-corrected chi connectivity index (χ0v) is 12.5. The summed E-state index contributed by atoms with van der Waals surface area (Å²) in [6, 6.07) is 9.09. The molecule has 0 aliphatic rings. The van der Waals surface area contributed by atoms with Crippen molar-refractivity contribution in [2.24, 2.45) is 0 Å². The van der Waals surface area contributed by atoms with Gasteiger partial charge in [0.15, 0.2) is 0 Å². The average Bonchev–Trinajstić information content (AvgIpc) is 2.38. The van der Waals surface area contributed by atoms with Crippen LogP contribution in [-0.4, -0.2) is 5.91 Å². The molecule has 2 nitrogen and oxygen atoms in total. The fourth-order valence-corrected chi connectivity index (χ4v) is 2.22. The van der Waals surface area contributed by atoms with Crippen molar-refractivity contribution in [1.29, 1.82) is 0 Å². The van der Waals surface area contributed by atoms with Crippen LogP contribution in [0.3, 0.4) is 0 Å². The van der Waals surface area contributed by atoms with Gasteiger partial charge in [0.1, 0.15) is 5.82 Å². The predicted octanol–water partition coefficient (Wildman–Crippen LogP) is 5.15. The Labute approximate surface area is 127 Å². The summed E-state index contributed by atoms with van der Waals surface area (Å²) in [5.41, 5.74) is 0.548. The fourth-order valence-electron chi connectivity index (χ4n) is 1.47. The summed E-state index contributed by atoms with van der Waals surface area (Å²) in [4.78, 5) is 12.0. The smallest absolute Gasteiger partial charge is 0.257 e. The first-order chi connectivity index (χ1) is 9.00. The maximum Gasteiger partial charge on any atom is 0.257 e. The lowest BCUT2D eigenvalue weighted by Gasteiger charge is -2.09. The zero-order chi connectivity index (χ0) is 14.0. The number of carbonyl (C=O) groups excluding carboxylic acids is 1. The van der Waals surface area contributed by atoms with Gasteiger partial charge in [0, 0.05) is 0 Å². The van der Waals surface area contributed by atoms with Gasteiger partial charge >= 0.3 is 0 Å². The number of anilines is 1. The molecule has 0 fully saturated rings. The van der Waals surface area contributed by atoms with Crippen LogP contribution in [0.25, 0.3) is 0 Å². The minimum Gasteiger partial charge on any atom is -0.321 e. The van der Waals surface area contributed by atoms with Crippen molar-refractivity contribution in [2.75, 3.05) is 5.32 Å². The van der Waals surface area contributed by atoms with Crippen molar-refractivity contribution in [1.82, 2.24) is 0 Å². The van der Waals surface area contributed by atoms with E-state index in [0.29, 0.717) is 15.2 Å². The second-order valence-corrected chi connectivity index (χ2v) is 5.24. The van der Waals surface area contributed by atoms with Gasteiger partial charge in [-0.15, -0.1) is 0 Å². The lowest BCUT2D eigenvalue weighted by molar-refractivity contribution is 0.102. The maximum atomic E-state index is 13.3. The summed E-state index contributed by atoms with van der Waals surface area (Å²) in [7, 11) is 0. The maximum absolute atomic E-state index is 13.3. The van der Waals surface area contributed by atoms with Gasteiger partial charge < -0.3 is 5.32 Å². The van der Waals surface area contributed by atoms with Crippen LogP contribution < -0.4 is 5.32 Å². The molecule has 19 heavy (non-hydrogen) atoms. The van der Waals surface area contributed by atoms with Crippen molar-refractivity contribution in [3.63, 3.8) is 0 Å². The van der Waals surface area contributed by atoms with E-state index in [-0.39, 0.29) is 10.6 Å². The van der Waals surface area contributed by atoms with Crippen LogP contribution in [0, 0.1) is 5.82 Å². The summed E-state index contributed by atoms with van der Waals surface area (Å²) in [6.07, 6.45) is 0. The molecule has 1 amide bonds. The van der Waals surface area contributed by atoms with E-state index in [0.717, 1.165) is 0 Å². The summed E-state index contributed by atoms with van der Waals surface area (Å²) in [6.45, 7) is 0. The van der Waals surface area contributed by atoms with Crippen LogP contribution in [0.2, 0.25) is 10.0 Å². The molecule has 2 aromatic rings. The van der Waals surface area contributed by atoms with Crippen molar-refractivity contribution in [3.05, 3.63) is 62.3 Å². The number of benzene rings is 2. The molecular formula is C13H7BrCl2FNO. The second kappa shape index (κ2) is 5.90. The van der Waals surface area contributed by atoms with Crippen LogP contribution >= 0.6 is 39.1 Å². The molecule has 0 atom stereocenters. The predicted molar refractivity (Wildman–Crippen MR) is 78.5 cm³/mol. The largest absolute Gasteiger partial charge is 0.321 e. The topological polar surface area (TPSA) is 29.1 Å². The summed E-state index contributed by atoms with van der Waals surface area (Å²) >= 11 is 14.9. The summed E-state index contributed by atoms with van der Waals surface area (Å²) in [5.74, 6) is -1.15. The molecular weight excluding hydrogens is 356 g/mol. The minimum absolute atomic E-state index is 0.0635. The van der Waals surface area contributed by atoms with Gasteiger partial charge in [-0.3, -0.25) is 4.79 Å². The Kier molecular flexibility index (Phi) is 4.45. The average molecular weight is 363 g/mol. The third-order valence-corrected chi connectivity index (χ3v) is 4.18. The van der Waals surface area contributed by atoms with Crippen molar-refractivity contribution in [2.45, 2.75) is 0 Å². The van der Waals surface area contributed by atoms with E-state index in [1.54, 1.807) is 18.2 Å². The van der Waals surface area contributed by atoms with Gasteiger partial charge in [-0.05, 0) is 40.2 Å². The SMILES string of the molecule is O=C(Nc1cccc(Cl)c1Br)c1cccc(F)c1Cl. The number of rotatable bonds is 2. The van der Waals surface area contributed by atoms with E-state index >= 15 is 0 Å². The third-order valence-electron chi connectivity index (χ3n) is 2.40. The first kappa shape index (κ1) is 14.3. The van der Waals surface area contributed by atoms with Gasteiger partial charge in [-0.25, -0.2) is 4.39 Å². The Bertz CT molecular complexity index is 649.